The lowest BCUT2D eigenvalue weighted by Crippen LogP contribution is -2.11. The molecule has 0 aliphatic rings. The van der Waals surface area contributed by atoms with Gasteiger partial charge in [0.05, 0.1) is 34.3 Å². The Hall–Kier alpha value is -3.04. The van der Waals surface area contributed by atoms with Crippen molar-refractivity contribution in [2.75, 3.05) is 6.61 Å². The Balaban J connectivity index is 2.49. The number of non-ortho nitro benzene ring substituents is 1. The Morgan fingerprint density at radius 2 is 2.11 bits per heavy atom. The Morgan fingerprint density at radius 1 is 1.36 bits per heavy atom. The fourth-order valence-electron chi connectivity index (χ4n) is 2.47. The molecular formula is C21H21ClN2O4. The molecule has 0 aliphatic carbocycles. The van der Waals surface area contributed by atoms with Gasteiger partial charge in [0.15, 0.2) is 11.5 Å². The van der Waals surface area contributed by atoms with Gasteiger partial charge in [-0.2, -0.15) is 5.26 Å². The second-order valence-electron chi connectivity index (χ2n) is 6.08. The molecule has 2 aromatic rings. The van der Waals surface area contributed by atoms with Crippen molar-refractivity contribution in [2.45, 2.75) is 33.3 Å². The molecule has 1 unspecified atom stereocenters. The Bertz CT molecular complexity index is 934. The Morgan fingerprint density at radius 3 is 2.71 bits per heavy atom. The van der Waals surface area contributed by atoms with Crippen molar-refractivity contribution in [1.82, 2.24) is 0 Å². The van der Waals surface area contributed by atoms with Crippen LogP contribution in [-0.4, -0.2) is 17.6 Å². The third-order valence-electron chi connectivity index (χ3n) is 4.03. The number of nitro benzene ring substituents is 1. The van der Waals surface area contributed by atoms with E-state index in [9.17, 15) is 15.4 Å². The summed E-state index contributed by atoms with van der Waals surface area (Å²) in [5.41, 5.74) is 1.28. The lowest BCUT2D eigenvalue weighted by molar-refractivity contribution is -0.384. The second-order valence-corrected chi connectivity index (χ2v) is 6.48. The minimum absolute atomic E-state index is 0.0300. The number of rotatable bonds is 8. The molecule has 0 saturated heterocycles. The van der Waals surface area contributed by atoms with Crippen molar-refractivity contribution in [3.63, 3.8) is 0 Å². The number of nitrogens with zero attached hydrogens (tertiary/aromatic N) is 2. The van der Waals surface area contributed by atoms with E-state index in [1.165, 1.54) is 12.1 Å². The van der Waals surface area contributed by atoms with Crippen LogP contribution in [0.4, 0.5) is 5.69 Å². The van der Waals surface area contributed by atoms with Crippen LogP contribution in [0.2, 0.25) is 5.02 Å². The van der Waals surface area contributed by atoms with Gasteiger partial charge < -0.3 is 9.47 Å². The van der Waals surface area contributed by atoms with Crippen molar-refractivity contribution in [2.24, 2.45) is 0 Å². The molecule has 2 aromatic carbocycles. The fraction of sp³-hybridized carbons (Fsp3) is 0.286. The molecule has 0 fully saturated rings. The van der Waals surface area contributed by atoms with E-state index in [1.807, 2.05) is 20.8 Å². The Kier molecular flexibility index (Phi) is 7.42. The molecule has 0 bridgehead atoms. The zero-order valence-electron chi connectivity index (χ0n) is 15.9. The Labute approximate surface area is 169 Å². The SMILES string of the molecule is CCOc1cc(C=C(C#N)c2cccc([N+](=O)[O-])c2)cc(Cl)c1OC(C)CC. The van der Waals surface area contributed by atoms with E-state index in [4.69, 9.17) is 21.1 Å². The molecule has 28 heavy (non-hydrogen) atoms. The van der Waals surface area contributed by atoms with Crippen LogP contribution in [0.3, 0.4) is 0 Å². The normalized spacial score (nSPS) is 12.2. The molecule has 0 spiro atoms. The number of allylic oxidation sites excluding steroid dienone is 1. The fourth-order valence-corrected chi connectivity index (χ4v) is 2.73. The standard InChI is InChI=1S/C21H21ClN2O4/c1-4-14(3)28-21-19(22)10-15(11-20(21)27-5-2)9-17(13-23)16-7-6-8-18(12-16)24(25)26/h6-12,14H,4-5H2,1-3H3. The minimum atomic E-state index is -0.496. The van der Waals surface area contributed by atoms with Gasteiger partial charge in [0.25, 0.3) is 5.69 Å². The molecule has 7 heteroatoms. The largest absolute Gasteiger partial charge is 0.490 e. The number of halogens is 1. The lowest BCUT2D eigenvalue weighted by atomic mass is 10.0. The highest BCUT2D eigenvalue weighted by molar-refractivity contribution is 6.32. The lowest BCUT2D eigenvalue weighted by Gasteiger charge is -2.18. The predicted octanol–water partition coefficient (Wildman–Crippen LogP) is 5.89. The highest BCUT2D eigenvalue weighted by atomic mass is 35.5. The summed E-state index contributed by atoms with van der Waals surface area (Å²) < 4.78 is 11.5. The zero-order chi connectivity index (χ0) is 20.7. The van der Waals surface area contributed by atoms with E-state index in [1.54, 1.807) is 30.3 Å². The van der Waals surface area contributed by atoms with Gasteiger partial charge in [-0.1, -0.05) is 30.7 Å². The van der Waals surface area contributed by atoms with Gasteiger partial charge in [0.2, 0.25) is 0 Å². The molecule has 0 N–H and O–H groups in total. The van der Waals surface area contributed by atoms with Crippen molar-refractivity contribution in [1.29, 1.82) is 5.26 Å². The van der Waals surface area contributed by atoms with Crippen LogP contribution in [0.1, 0.15) is 38.3 Å². The van der Waals surface area contributed by atoms with Crippen LogP contribution in [0, 0.1) is 21.4 Å². The molecule has 2 rings (SSSR count). The number of hydrogen-bond acceptors (Lipinski definition) is 5. The van der Waals surface area contributed by atoms with Crippen molar-refractivity contribution in [3.8, 4) is 17.6 Å². The predicted molar refractivity (Wildman–Crippen MR) is 110 cm³/mol. The highest BCUT2D eigenvalue weighted by Crippen LogP contribution is 2.38. The van der Waals surface area contributed by atoms with Crippen molar-refractivity contribution < 1.29 is 14.4 Å². The first-order chi connectivity index (χ1) is 13.4. The molecule has 0 aliphatic heterocycles. The first kappa shape index (κ1) is 21.3. The maximum absolute atomic E-state index is 11.0. The zero-order valence-corrected chi connectivity index (χ0v) is 16.7. The van der Waals surface area contributed by atoms with Crippen LogP contribution >= 0.6 is 11.6 Å². The number of benzene rings is 2. The summed E-state index contributed by atoms with van der Waals surface area (Å²) in [5.74, 6) is 0.946. The average Bonchev–Trinajstić information content (AvgIpc) is 2.68. The summed E-state index contributed by atoms with van der Waals surface area (Å²) in [6.07, 6.45) is 2.40. The van der Waals surface area contributed by atoms with Crippen molar-refractivity contribution >= 4 is 28.9 Å². The van der Waals surface area contributed by atoms with Gasteiger partial charge in [-0.15, -0.1) is 0 Å². The third kappa shape index (κ3) is 5.24. The van der Waals surface area contributed by atoms with Crippen LogP contribution < -0.4 is 9.47 Å². The van der Waals surface area contributed by atoms with Crippen molar-refractivity contribution in [3.05, 3.63) is 62.7 Å². The first-order valence-electron chi connectivity index (χ1n) is 8.89. The molecule has 0 radical (unpaired) electrons. The van der Waals surface area contributed by atoms with Crippen LogP contribution in [-0.2, 0) is 0 Å². The maximum Gasteiger partial charge on any atom is 0.270 e. The molecular weight excluding hydrogens is 380 g/mol. The molecule has 0 aromatic heterocycles. The van der Waals surface area contributed by atoms with E-state index in [0.717, 1.165) is 6.42 Å². The summed E-state index contributed by atoms with van der Waals surface area (Å²) in [6, 6.07) is 11.4. The van der Waals surface area contributed by atoms with Crippen LogP contribution in [0.15, 0.2) is 36.4 Å². The van der Waals surface area contributed by atoms with Gasteiger partial charge in [0.1, 0.15) is 0 Å². The first-order valence-corrected chi connectivity index (χ1v) is 9.27. The summed E-state index contributed by atoms with van der Waals surface area (Å²) >= 11 is 6.40. The molecule has 0 amide bonds. The summed E-state index contributed by atoms with van der Waals surface area (Å²) in [4.78, 5) is 10.5. The van der Waals surface area contributed by atoms with Gasteiger partial charge in [-0.05, 0) is 49.6 Å². The van der Waals surface area contributed by atoms with Gasteiger partial charge >= 0.3 is 0 Å². The minimum Gasteiger partial charge on any atom is -0.490 e. The van der Waals surface area contributed by atoms with Crippen LogP contribution in [0.5, 0.6) is 11.5 Å². The second kappa shape index (κ2) is 9.77. The third-order valence-corrected chi connectivity index (χ3v) is 4.31. The maximum atomic E-state index is 11.0. The molecule has 146 valence electrons. The molecule has 6 nitrogen and oxygen atoms in total. The molecule has 1 atom stereocenters. The number of nitriles is 1. The summed E-state index contributed by atoms with van der Waals surface area (Å²) in [5, 5.41) is 20.9. The topological polar surface area (TPSA) is 85.4 Å². The van der Waals surface area contributed by atoms with Gasteiger partial charge in [0, 0.05) is 12.1 Å². The monoisotopic (exact) mass is 400 g/mol. The van der Waals surface area contributed by atoms with E-state index in [0.29, 0.717) is 34.3 Å². The number of hydrogen-bond donors (Lipinski definition) is 0. The van der Waals surface area contributed by atoms with Crippen LogP contribution in [0.25, 0.3) is 11.6 Å². The number of ether oxygens (including phenoxy) is 2. The summed E-state index contributed by atoms with van der Waals surface area (Å²) in [7, 11) is 0. The highest BCUT2D eigenvalue weighted by Gasteiger charge is 2.15. The smallest absolute Gasteiger partial charge is 0.270 e. The van der Waals surface area contributed by atoms with E-state index < -0.39 is 4.92 Å². The molecule has 0 heterocycles. The van der Waals surface area contributed by atoms with E-state index in [2.05, 4.69) is 6.07 Å². The van der Waals surface area contributed by atoms with Gasteiger partial charge in [-0.3, -0.25) is 10.1 Å². The molecule has 0 saturated carbocycles. The van der Waals surface area contributed by atoms with E-state index >= 15 is 0 Å². The number of nitro groups is 1. The van der Waals surface area contributed by atoms with E-state index in [-0.39, 0.29) is 17.4 Å². The average molecular weight is 401 g/mol. The van der Waals surface area contributed by atoms with Gasteiger partial charge in [-0.25, -0.2) is 0 Å². The quantitative estimate of drug-likeness (QED) is 0.239. The summed E-state index contributed by atoms with van der Waals surface area (Å²) in [6.45, 7) is 6.23.